The molecule has 144 valence electrons. The number of hydrogen-bond donors (Lipinski definition) is 1. The summed E-state index contributed by atoms with van der Waals surface area (Å²) in [5.41, 5.74) is 2.18. The van der Waals surface area contributed by atoms with E-state index in [-0.39, 0.29) is 17.8 Å². The Kier molecular flexibility index (Phi) is 4.92. The SMILES string of the molecule is COc1ccc2cc([C@@H]3CN(C(=O)c4cccc(O)c4C)CCO3)ccc2c1. The molecule has 0 aromatic heterocycles. The van der Waals surface area contributed by atoms with Gasteiger partial charge in [0.25, 0.3) is 5.91 Å². The van der Waals surface area contributed by atoms with Gasteiger partial charge < -0.3 is 19.5 Å². The van der Waals surface area contributed by atoms with Crippen LogP contribution in [0, 0.1) is 6.92 Å². The van der Waals surface area contributed by atoms with Crippen molar-refractivity contribution in [2.45, 2.75) is 13.0 Å². The van der Waals surface area contributed by atoms with E-state index >= 15 is 0 Å². The molecule has 0 aliphatic carbocycles. The van der Waals surface area contributed by atoms with E-state index < -0.39 is 0 Å². The molecule has 0 spiro atoms. The molecule has 28 heavy (non-hydrogen) atoms. The quantitative estimate of drug-likeness (QED) is 0.747. The average Bonchev–Trinajstić information content (AvgIpc) is 2.74. The summed E-state index contributed by atoms with van der Waals surface area (Å²) in [4.78, 5) is 14.8. The van der Waals surface area contributed by atoms with Crippen molar-refractivity contribution >= 4 is 16.7 Å². The van der Waals surface area contributed by atoms with Crippen LogP contribution in [0.5, 0.6) is 11.5 Å². The number of benzene rings is 3. The third-order valence-electron chi connectivity index (χ3n) is 5.33. The van der Waals surface area contributed by atoms with Crippen LogP contribution in [0.4, 0.5) is 0 Å². The zero-order valence-corrected chi connectivity index (χ0v) is 16.0. The van der Waals surface area contributed by atoms with E-state index in [9.17, 15) is 9.90 Å². The minimum absolute atomic E-state index is 0.0766. The third kappa shape index (κ3) is 3.41. The number of aromatic hydroxyl groups is 1. The molecular formula is C23H23NO4. The maximum Gasteiger partial charge on any atom is 0.254 e. The fourth-order valence-corrected chi connectivity index (χ4v) is 3.63. The highest BCUT2D eigenvalue weighted by molar-refractivity contribution is 5.96. The summed E-state index contributed by atoms with van der Waals surface area (Å²) in [6, 6.07) is 17.2. The van der Waals surface area contributed by atoms with Gasteiger partial charge in [-0.2, -0.15) is 0 Å². The lowest BCUT2D eigenvalue weighted by molar-refractivity contribution is -0.0228. The van der Waals surface area contributed by atoms with Gasteiger partial charge in [0, 0.05) is 17.7 Å². The van der Waals surface area contributed by atoms with Crippen molar-refractivity contribution in [3.8, 4) is 11.5 Å². The Morgan fingerprint density at radius 3 is 2.75 bits per heavy atom. The molecule has 4 rings (SSSR count). The van der Waals surface area contributed by atoms with E-state index in [4.69, 9.17) is 9.47 Å². The molecule has 1 aliphatic rings. The molecule has 0 radical (unpaired) electrons. The number of carbonyl (C=O) groups is 1. The van der Waals surface area contributed by atoms with Crippen LogP contribution < -0.4 is 4.74 Å². The van der Waals surface area contributed by atoms with Gasteiger partial charge in [-0.1, -0.05) is 24.3 Å². The Morgan fingerprint density at radius 2 is 1.93 bits per heavy atom. The highest BCUT2D eigenvalue weighted by Gasteiger charge is 2.27. The number of phenols is 1. The number of hydrogen-bond acceptors (Lipinski definition) is 4. The second kappa shape index (κ2) is 7.52. The Morgan fingerprint density at radius 1 is 1.14 bits per heavy atom. The first kappa shape index (κ1) is 18.3. The Hall–Kier alpha value is -3.05. The third-order valence-corrected chi connectivity index (χ3v) is 5.33. The van der Waals surface area contributed by atoms with Gasteiger partial charge in [0.1, 0.15) is 17.6 Å². The number of amides is 1. The molecule has 5 nitrogen and oxygen atoms in total. The van der Waals surface area contributed by atoms with Crippen LogP contribution in [0.1, 0.15) is 27.6 Å². The minimum Gasteiger partial charge on any atom is -0.508 e. The van der Waals surface area contributed by atoms with Gasteiger partial charge in [0.05, 0.1) is 20.3 Å². The number of methoxy groups -OCH3 is 1. The smallest absolute Gasteiger partial charge is 0.254 e. The molecular weight excluding hydrogens is 354 g/mol. The topological polar surface area (TPSA) is 59.0 Å². The van der Waals surface area contributed by atoms with Gasteiger partial charge in [0.2, 0.25) is 0 Å². The number of carbonyl (C=O) groups excluding carboxylic acids is 1. The predicted molar refractivity (Wildman–Crippen MR) is 108 cm³/mol. The first-order valence-corrected chi connectivity index (χ1v) is 9.34. The highest BCUT2D eigenvalue weighted by atomic mass is 16.5. The molecule has 1 heterocycles. The van der Waals surface area contributed by atoms with Gasteiger partial charge in [0.15, 0.2) is 0 Å². The van der Waals surface area contributed by atoms with Crippen LogP contribution >= 0.6 is 0 Å². The van der Waals surface area contributed by atoms with Crippen molar-refractivity contribution in [1.29, 1.82) is 0 Å². The number of rotatable bonds is 3. The van der Waals surface area contributed by atoms with Gasteiger partial charge in [-0.25, -0.2) is 0 Å². The van der Waals surface area contributed by atoms with E-state index in [1.54, 1.807) is 37.1 Å². The Balaban J connectivity index is 1.57. The molecule has 1 fully saturated rings. The van der Waals surface area contributed by atoms with Crippen molar-refractivity contribution in [3.05, 3.63) is 71.3 Å². The fraction of sp³-hybridized carbons (Fsp3) is 0.261. The first-order chi connectivity index (χ1) is 13.6. The Labute approximate surface area is 164 Å². The van der Waals surface area contributed by atoms with E-state index in [0.717, 1.165) is 22.1 Å². The summed E-state index contributed by atoms with van der Waals surface area (Å²) in [5, 5.41) is 12.1. The number of ether oxygens (including phenoxy) is 2. The van der Waals surface area contributed by atoms with Crippen molar-refractivity contribution < 1.29 is 19.4 Å². The summed E-state index contributed by atoms with van der Waals surface area (Å²) in [5.74, 6) is 0.889. The number of fused-ring (bicyclic) bond motifs is 1. The van der Waals surface area contributed by atoms with E-state index in [1.807, 2.05) is 24.3 Å². The second-order valence-corrected chi connectivity index (χ2v) is 7.03. The van der Waals surface area contributed by atoms with Crippen molar-refractivity contribution in [2.24, 2.45) is 0 Å². The monoisotopic (exact) mass is 377 g/mol. The van der Waals surface area contributed by atoms with Gasteiger partial charge in [-0.15, -0.1) is 0 Å². The summed E-state index contributed by atoms with van der Waals surface area (Å²) < 4.78 is 11.2. The number of nitrogens with zero attached hydrogens (tertiary/aromatic N) is 1. The predicted octanol–water partition coefficient (Wildman–Crippen LogP) is 4.08. The lowest BCUT2D eigenvalue weighted by Crippen LogP contribution is -2.42. The van der Waals surface area contributed by atoms with Crippen LogP contribution in [-0.4, -0.2) is 42.7 Å². The first-order valence-electron chi connectivity index (χ1n) is 9.34. The van der Waals surface area contributed by atoms with Crippen LogP contribution in [0.3, 0.4) is 0 Å². The Bertz CT molecular complexity index is 1030. The van der Waals surface area contributed by atoms with Crippen LogP contribution in [-0.2, 0) is 4.74 Å². The zero-order chi connectivity index (χ0) is 19.7. The molecule has 3 aromatic carbocycles. The molecule has 1 N–H and O–H groups in total. The largest absolute Gasteiger partial charge is 0.508 e. The summed E-state index contributed by atoms with van der Waals surface area (Å²) in [7, 11) is 1.66. The molecule has 1 amide bonds. The van der Waals surface area contributed by atoms with Gasteiger partial charge >= 0.3 is 0 Å². The van der Waals surface area contributed by atoms with Crippen LogP contribution in [0.25, 0.3) is 10.8 Å². The number of phenolic OH excluding ortho intramolecular Hbond substituents is 1. The molecule has 1 atom stereocenters. The minimum atomic E-state index is -0.179. The lowest BCUT2D eigenvalue weighted by Gasteiger charge is -2.33. The molecule has 0 unspecified atom stereocenters. The fourth-order valence-electron chi connectivity index (χ4n) is 3.63. The second-order valence-electron chi connectivity index (χ2n) is 7.03. The lowest BCUT2D eigenvalue weighted by atomic mass is 10.0. The summed E-state index contributed by atoms with van der Waals surface area (Å²) in [6.07, 6.45) is -0.179. The molecule has 5 heteroatoms. The normalized spacial score (nSPS) is 16.9. The molecule has 0 saturated carbocycles. The van der Waals surface area contributed by atoms with E-state index in [0.29, 0.717) is 30.8 Å². The highest BCUT2D eigenvalue weighted by Crippen LogP contribution is 2.29. The van der Waals surface area contributed by atoms with E-state index in [2.05, 4.69) is 12.1 Å². The van der Waals surface area contributed by atoms with Gasteiger partial charge in [-0.3, -0.25) is 4.79 Å². The molecule has 0 bridgehead atoms. The molecule has 1 saturated heterocycles. The molecule has 1 aliphatic heterocycles. The van der Waals surface area contributed by atoms with Crippen LogP contribution in [0.15, 0.2) is 54.6 Å². The van der Waals surface area contributed by atoms with Crippen molar-refractivity contribution in [1.82, 2.24) is 4.90 Å². The van der Waals surface area contributed by atoms with Gasteiger partial charge in [-0.05, 0) is 53.6 Å². The average molecular weight is 377 g/mol. The summed E-state index contributed by atoms with van der Waals surface area (Å²) in [6.45, 7) is 3.26. The summed E-state index contributed by atoms with van der Waals surface area (Å²) >= 11 is 0. The van der Waals surface area contributed by atoms with Crippen LogP contribution in [0.2, 0.25) is 0 Å². The number of morpholine rings is 1. The molecule has 3 aromatic rings. The van der Waals surface area contributed by atoms with Crippen molar-refractivity contribution in [3.63, 3.8) is 0 Å². The standard InChI is InChI=1S/C23H23NO4/c1-15-20(4-3-5-21(15)25)23(26)24-10-11-28-22(14-24)18-7-6-17-13-19(27-2)9-8-16(17)12-18/h3-9,12-13,22,25H,10-11,14H2,1-2H3/t22-/m0/s1. The maximum absolute atomic E-state index is 13.0. The zero-order valence-electron chi connectivity index (χ0n) is 16.0. The van der Waals surface area contributed by atoms with E-state index in [1.165, 1.54) is 0 Å². The maximum atomic E-state index is 13.0. The van der Waals surface area contributed by atoms with Crippen molar-refractivity contribution in [2.75, 3.05) is 26.8 Å².